The van der Waals surface area contributed by atoms with Gasteiger partial charge in [-0.05, 0) is 0 Å². The van der Waals surface area contributed by atoms with E-state index in [-0.39, 0.29) is 0 Å². The molecule has 0 unspecified atom stereocenters. The summed E-state index contributed by atoms with van der Waals surface area (Å²) in [6, 6.07) is 17.4. The predicted octanol–water partition coefficient (Wildman–Crippen LogP) is 6.16. The van der Waals surface area contributed by atoms with Crippen molar-refractivity contribution >= 4 is 48.7 Å². The molecular weight excluding hydrogens is 430 g/mol. The van der Waals surface area contributed by atoms with Gasteiger partial charge >= 0.3 is 156 Å². The summed E-state index contributed by atoms with van der Waals surface area (Å²) in [4.78, 5) is 0. The molecule has 0 heterocycles. The minimum absolute atomic E-state index is 0.830. The molecule has 0 bridgehead atoms. The van der Waals surface area contributed by atoms with Gasteiger partial charge in [0.05, 0.1) is 0 Å². The predicted molar refractivity (Wildman–Crippen MR) is 107 cm³/mol. The van der Waals surface area contributed by atoms with Crippen LogP contribution in [0.15, 0.2) is 48.5 Å². The minimum atomic E-state index is -2.68. The maximum atomic E-state index is 6.14. The zero-order valence-corrected chi connectivity index (χ0v) is 18.5. The number of unbranched alkanes of at least 4 members (excludes halogenated alkanes) is 2. The van der Waals surface area contributed by atoms with Gasteiger partial charge in [0.2, 0.25) is 0 Å². The van der Waals surface area contributed by atoms with Crippen LogP contribution in [-0.2, 0) is 0 Å². The van der Waals surface area contributed by atoms with Crippen molar-refractivity contribution in [2.75, 3.05) is 0 Å². The first kappa shape index (κ1) is 19.1. The molecule has 0 aliphatic heterocycles. The van der Waals surface area contributed by atoms with Gasteiger partial charge < -0.3 is 0 Å². The van der Waals surface area contributed by atoms with E-state index in [1.807, 2.05) is 0 Å². The van der Waals surface area contributed by atoms with Crippen LogP contribution in [0.3, 0.4) is 0 Å². The molecular formula is C20H26Cl2Sn. The molecule has 0 fully saturated rings. The second kappa shape index (κ2) is 9.34. The maximum absolute atomic E-state index is 6.14. The van der Waals surface area contributed by atoms with Gasteiger partial charge in [-0.15, -0.1) is 0 Å². The topological polar surface area (TPSA) is 0 Å². The standard InChI is InChI=1S/2C6H4Cl.2C4H9.Sn/c2*7-6-4-2-1-3-5-6;2*1-3-4-2;/h2*2-5H;2*1,3-4H2,2H3;. The van der Waals surface area contributed by atoms with Gasteiger partial charge in [0, 0.05) is 0 Å². The average molecular weight is 456 g/mol. The zero-order valence-electron chi connectivity index (χ0n) is 14.1. The van der Waals surface area contributed by atoms with Crippen molar-refractivity contribution in [2.24, 2.45) is 0 Å². The number of benzene rings is 2. The summed E-state index contributed by atoms with van der Waals surface area (Å²) in [5.74, 6) is 0. The molecule has 0 atom stereocenters. The van der Waals surface area contributed by atoms with Crippen molar-refractivity contribution in [1.82, 2.24) is 0 Å². The Hall–Kier alpha value is -0.181. The van der Waals surface area contributed by atoms with E-state index >= 15 is 0 Å². The van der Waals surface area contributed by atoms with Gasteiger partial charge in [-0.3, -0.25) is 0 Å². The fourth-order valence-electron chi connectivity index (χ4n) is 3.36. The van der Waals surface area contributed by atoms with Crippen molar-refractivity contribution in [3.63, 3.8) is 0 Å². The molecule has 23 heavy (non-hydrogen) atoms. The normalized spacial score (nSPS) is 11.7. The molecule has 2 aromatic carbocycles. The summed E-state index contributed by atoms with van der Waals surface area (Å²) in [5.41, 5.74) is 0. The van der Waals surface area contributed by atoms with Gasteiger partial charge in [-0.1, -0.05) is 0 Å². The fourth-order valence-corrected chi connectivity index (χ4v) is 18.6. The molecule has 2 rings (SSSR count). The van der Waals surface area contributed by atoms with E-state index in [4.69, 9.17) is 23.2 Å². The molecule has 0 N–H and O–H groups in total. The van der Waals surface area contributed by atoms with Crippen molar-refractivity contribution < 1.29 is 0 Å². The van der Waals surface area contributed by atoms with Gasteiger partial charge in [0.15, 0.2) is 0 Å². The van der Waals surface area contributed by atoms with Crippen LogP contribution in [0.1, 0.15) is 39.5 Å². The Bertz CT molecular complexity index is 535. The Balaban J connectivity index is 2.52. The van der Waals surface area contributed by atoms with Crippen LogP contribution < -0.4 is 7.16 Å². The van der Waals surface area contributed by atoms with E-state index in [0.29, 0.717) is 0 Å². The Labute approximate surface area is 155 Å². The summed E-state index contributed by atoms with van der Waals surface area (Å²) < 4.78 is 5.89. The van der Waals surface area contributed by atoms with Crippen molar-refractivity contribution in [3.05, 3.63) is 58.6 Å². The van der Waals surface area contributed by atoms with Crippen LogP contribution in [-0.4, -0.2) is 18.4 Å². The van der Waals surface area contributed by atoms with Gasteiger partial charge in [-0.2, -0.15) is 0 Å². The molecule has 0 radical (unpaired) electrons. The monoisotopic (exact) mass is 456 g/mol. The van der Waals surface area contributed by atoms with Gasteiger partial charge in [0.1, 0.15) is 0 Å². The van der Waals surface area contributed by atoms with Gasteiger partial charge in [-0.25, -0.2) is 0 Å². The Morgan fingerprint density at radius 2 is 1.00 bits per heavy atom. The molecule has 0 nitrogen and oxygen atoms in total. The summed E-state index contributed by atoms with van der Waals surface area (Å²) >= 11 is 9.61. The summed E-state index contributed by atoms with van der Waals surface area (Å²) in [7, 11) is 0. The molecule has 3 heteroatoms. The molecule has 0 saturated heterocycles. The Kier molecular flexibility index (Phi) is 7.78. The van der Waals surface area contributed by atoms with E-state index in [0.717, 1.165) is 10.0 Å². The van der Waals surface area contributed by atoms with Gasteiger partial charge in [0.25, 0.3) is 0 Å². The summed E-state index contributed by atoms with van der Waals surface area (Å²) in [6.07, 6.45) is 5.13. The molecule has 124 valence electrons. The number of hydrogen-bond donors (Lipinski definition) is 0. The van der Waals surface area contributed by atoms with E-state index in [9.17, 15) is 0 Å². The molecule has 0 aromatic heterocycles. The number of halogens is 2. The van der Waals surface area contributed by atoms with Crippen LogP contribution in [0, 0.1) is 0 Å². The number of rotatable bonds is 8. The molecule has 0 aliphatic rings. The van der Waals surface area contributed by atoms with Crippen LogP contribution >= 0.6 is 23.2 Å². The Morgan fingerprint density at radius 3 is 1.30 bits per heavy atom. The third kappa shape index (κ3) is 4.90. The second-order valence-corrected chi connectivity index (χ2v) is 19.5. The molecule has 0 aliphatic carbocycles. The molecule has 0 amide bonds. The van der Waals surface area contributed by atoms with Crippen LogP contribution in [0.5, 0.6) is 0 Å². The van der Waals surface area contributed by atoms with Crippen molar-refractivity contribution in [3.8, 4) is 0 Å². The SMILES string of the molecule is CCC[CH2][Sn]([CH2]CCC)([c]1ccc(Cl)cc1)[c]1ccc(Cl)cc1. The first-order valence-corrected chi connectivity index (χ1v) is 16.3. The summed E-state index contributed by atoms with van der Waals surface area (Å²) in [6.45, 7) is 4.58. The average Bonchev–Trinajstić information content (AvgIpc) is 2.57. The zero-order chi connectivity index (χ0) is 16.7. The Morgan fingerprint density at radius 1 is 0.652 bits per heavy atom. The second-order valence-electron chi connectivity index (χ2n) is 6.30. The number of hydrogen-bond acceptors (Lipinski definition) is 0. The molecule has 2 aromatic rings. The summed E-state index contributed by atoms with van der Waals surface area (Å²) in [5, 5.41) is 1.66. The molecule has 0 spiro atoms. The molecule has 0 saturated carbocycles. The van der Waals surface area contributed by atoms with Crippen LogP contribution in [0.2, 0.25) is 18.9 Å². The van der Waals surface area contributed by atoms with Crippen LogP contribution in [0.4, 0.5) is 0 Å². The van der Waals surface area contributed by atoms with Crippen molar-refractivity contribution in [1.29, 1.82) is 0 Å². The van der Waals surface area contributed by atoms with E-state index in [1.54, 1.807) is 7.16 Å². The first-order valence-electron chi connectivity index (χ1n) is 8.64. The van der Waals surface area contributed by atoms with Crippen LogP contribution in [0.25, 0.3) is 0 Å². The third-order valence-corrected chi connectivity index (χ3v) is 20.3. The van der Waals surface area contributed by atoms with E-state index in [2.05, 4.69) is 62.4 Å². The quantitative estimate of drug-likeness (QED) is 0.418. The fraction of sp³-hybridized carbons (Fsp3) is 0.400. The van der Waals surface area contributed by atoms with E-state index in [1.165, 1.54) is 34.6 Å². The first-order chi connectivity index (χ1) is 11.1. The van der Waals surface area contributed by atoms with Crippen molar-refractivity contribution in [2.45, 2.75) is 48.4 Å². The third-order valence-electron chi connectivity index (χ3n) is 4.71. The van der Waals surface area contributed by atoms with E-state index < -0.39 is 18.4 Å².